The van der Waals surface area contributed by atoms with E-state index in [1.165, 1.54) is 73.9 Å². The zero-order chi connectivity index (χ0) is 55.7. The van der Waals surface area contributed by atoms with Gasteiger partial charge in [0.05, 0.1) is 0 Å². The van der Waals surface area contributed by atoms with E-state index in [0.717, 1.165) is 46.5 Å². The molecule has 0 N–H and O–H groups in total. The normalized spacial score (nSPS) is 12.7. The van der Waals surface area contributed by atoms with Gasteiger partial charge in [-0.05, 0) is 151 Å². The maximum absolute atomic E-state index is 7.88. The molecule has 352 valence electrons. The summed E-state index contributed by atoms with van der Waals surface area (Å²) in [5, 5.41) is 0. The highest BCUT2D eigenvalue weighted by Gasteiger charge is 2.17. The van der Waals surface area contributed by atoms with Crippen molar-refractivity contribution in [3.63, 3.8) is 0 Å². The molecule has 0 amide bonds. The first-order valence-electron chi connectivity index (χ1n) is 27.3. The summed E-state index contributed by atoms with van der Waals surface area (Å²) < 4.78 is 62.0. The van der Waals surface area contributed by atoms with Crippen LogP contribution in [0.5, 0.6) is 0 Å². The van der Waals surface area contributed by atoms with E-state index in [4.69, 9.17) is 9.60 Å². The molecule has 4 aromatic heterocycles. The average Bonchev–Trinajstić information content (AvgIpc) is 3.33. The summed E-state index contributed by atoms with van der Waals surface area (Å²) in [4.78, 5) is 0. The summed E-state index contributed by atoms with van der Waals surface area (Å²) in [6, 6.07) is 41.0. The van der Waals surface area contributed by atoms with Crippen molar-refractivity contribution >= 4 is 0 Å². The third-order valence-electron chi connectivity index (χ3n) is 12.7. The highest BCUT2D eigenvalue weighted by Crippen LogP contribution is 2.25. The van der Waals surface area contributed by atoms with E-state index in [1.54, 1.807) is 31.3 Å². The van der Waals surface area contributed by atoms with E-state index in [9.17, 15) is 0 Å². The van der Waals surface area contributed by atoms with Gasteiger partial charge in [0.2, 0.25) is 22.8 Å². The number of nitrogens with zero attached hydrogens (tertiary/aromatic N) is 4. The molecule has 8 aromatic rings. The number of hydrogen-bond acceptors (Lipinski definition) is 0. The molecule has 4 aromatic carbocycles. The lowest BCUT2D eigenvalue weighted by molar-refractivity contribution is -0.661. The fourth-order valence-corrected chi connectivity index (χ4v) is 8.68. The van der Waals surface area contributed by atoms with Gasteiger partial charge in [0.15, 0.2) is 24.8 Å². The summed E-state index contributed by atoms with van der Waals surface area (Å²) in [6.07, 6.45) is 7.60. The molecule has 0 bridgehead atoms. The van der Waals surface area contributed by atoms with Crippen molar-refractivity contribution in [1.29, 1.82) is 0 Å². The lowest BCUT2D eigenvalue weighted by Gasteiger charge is -2.07. The van der Waals surface area contributed by atoms with Gasteiger partial charge in [-0.2, -0.15) is 0 Å². The minimum atomic E-state index is -2.10. The van der Waals surface area contributed by atoms with Gasteiger partial charge < -0.3 is 0 Å². The molecule has 4 heteroatoms. The third-order valence-corrected chi connectivity index (χ3v) is 12.7. The van der Waals surface area contributed by atoms with Gasteiger partial charge in [-0.25, -0.2) is 18.3 Å². The molecule has 4 heterocycles. The first-order valence-corrected chi connectivity index (χ1v) is 23.8. The van der Waals surface area contributed by atoms with Gasteiger partial charge in [-0.1, -0.05) is 99.5 Å². The molecular weight excluding hydrogens is 825 g/mol. The van der Waals surface area contributed by atoms with Crippen LogP contribution in [0.1, 0.15) is 104 Å². The fraction of sp³-hybridized carbons (Fsp3) is 0.312. The molecule has 0 saturated carbocycles. The minimum absolute atomic E-state index is 0.331. The summed E-state index contributed by atoms with van der Waals surface area (Å²) in [7, 11) is 8.08. The van der Waals surface area contributed by atoms with E-state index in [0.29, 0.717) is 11.1 Å². The van der Waals surface area contributed by atoms with Gasteiger partial charge in [-0.3, -0.25) is 0 Å². The van der Waals surface area contributed by atoms with Crippen molar-refractivity contribution in [2.45, 2.75) is 109 Å². The van der Waals surface area contributed by atoms with Gasteiger partial charge in [-0.15, -0.1) is 0 Å². The van der Waals surface area contributed by atoms with Crippen LogP contribution in [0.2, 0.25) is 0 Å². The lowest BCUT2D eigenvalue weighted by Crippen LogP contribution is -2.32. The van der Waals surface area contributed by atoms with Crippen molar-refractivity contribution < 1.29 is 27.9 Å². The molecule has 0 aliphatic carbocycles. The molecule has 8 rings (SSSR count). The fourth-order valence-electron chi connectivity index (χ4n) is 8.68. The number of aromatic nitrogens is 4. The molecule has 4 nitrogen and oxygen atoms in total. The van der Waals surface area contributed by atoms with Gasteiger partial charge in [0.25, 0.3) is 0 Å². The van der Waals surface area contributed by atoms with E-state index in [2.05, 4.69) is 163 Å². The molecule has 0 radical (unpaired) electrons. The van der Waals surface area contributed by atoms with Crippen LogP contribution in [0.3, 0.4) is 0 Å². The quantitative estimate of drug-likeness (QED) is 0.135. The van der Waals surface area contributed by atoms with Crippen molar-refractivity contribution in [2.75, 3.05) is 0 Å². The van der Waals surface area contributed by atoms with Crippen LogP contribution in [0.15, 0.2) is 146 Å². The van der Waals surface area contributed by atoms with E-state index >= 15 is 0 Å². The van der Waals surface area contributed by atoms with E-state index < -0.39 is 19.6 Å². The Morgan fingerprint density at radius 1 is 0.368 bits per heavy atom. The Hall–Kier alpha value is -6.52. The largest absolute Gasteiger partial charge is 0.212 e. The molecule has 0 spiro atoms. The minimum Gasteiger partial charge on any atom is -0.201 e. The number of benzene rings is 4. The Balaban J connectivity index is 0.000000186. The Morgan fingerprint density at radius 2 is 0.794 bits per heavy atom. The predicted octanol–water partition coefficient (Wildman–Crippen LogP) is 13.4. The van der Waals surface area contributed by atoms with Crippen molar-refractivity contribution in [2.24, 2.45) is 28.2 Å². The standard InChI is InChI=1S/4C16H20N/c2*1-5-14-7-9-16(17(4)11-14)15-8-6-12(2)10-13(15)3;2*1-5-14-11-17(4)16(10-13(14)3)15-9-7-6-8-12(15)2/h4*6-11H,5H2,1-4H3/q4*+1/i2D3,5D2;;5D2;. The molecule has 0 fully saturated rings. The van der Waals surface area contributed by atoms with Crippen LogP contribution in [-0.2, 0) is 53.8 Å². The highest BCUT2D eigenvalue weighted by molar-refractivity contribution is 5.64. The number of aryl methyl sites for hydroxylation is 16. The SMILES string of the molecule is CCc1c[n+](C)c(-c2ccccc2C)cc1C.CCc1ccc(-c2ccc(C)cc2C)[n+](C)c1.[2H]C([2H])(C)c1c[n+](C)c(-c2ccccc2C)cc1C.[2H]C([2H])([2H])c1ccc(-c2ccc(C([2H])([2H])C)c[n+]2C)c(C)c1. The van der Waals surface area contributed by atoms with Crippen LogP contribution >= 0.6 is 0 Å². The Morgan fingerprint density at radius 3 is 1.24 bits per heavy atom. The zero-order valence-electron chi connectivity index (χ0n) is 50.6. The number of pyridine rings is 4. The van der Waals surface area contributed by atoms with Crippen LogP contribution in [0.25, 0.3) is 45.0 Å². The summed E-state index contributed by atoms with van der Waals surface area (Å²) in [5.41, 5.74) is 22.3. The summed E-state index contributed by atoms with van der Waals surface area (Å²) >= 11 is 0. The Labute approximate surface area is 421 Å². The molecule has 0 aliphatic heterocycles. The third kappa shape index (κ3) is 13.3. The van der Waals surface area contributed by atoms with Gasteiger partial charge >= 0.3 is 0 Å². The average molecular weight is 912 g/mol. The summed E-state index contributed by atoms with van der Waals surface area (Å²) in [5.74, 6) is 0. The van der Waals surface area contributed by atoms with E-state index in [-0.39, 0.29) is 0 Å². The molecule has 68 heavy (non-hydrogen) atoms. The summed E-state index contributed by atoms with van der Waals surface area (Å²) in [6.45, 7) is 20.0. The molecule has 0 unspecified atom stereocenters. The lowest BCUT2D eigenvalue weighted by atomic mass is 10.0. The molecule has 0 saturated heterocycles. The second-order valence-corrected chi connectivity index (χ2v) is 18.0. The van der Waals surface area contributed by atoms with Crippen LogP contribution < -0.4 is 18.3 Å². The zero-order valence-corrected chi connectivity index (χ0v) is 43.6. The van der Waals surface area contributed by atoms with Crippen LogP contribution in [0, 0.1) is 55.3 Å². The monoisotopic (exact) mass is 912 g/mol. The van der Waals surface area contributed by atoms with Crippen molar-refractivity contribution in [3.05, 3.63) is 213 Å². The molecule has 0 aliphatic rings. The maximum Gasteiger partial charge on any atom is 0.212 e. The topological polar surface area (TPSA) is 15.5 Å². The van der Waals surface area contributed by atoms with Crippen molar-refractivity contribution in [1.82, 2.24) is 0 Å². The first kappa shape index (κ1) is 42.8. The highest BCUT2D eigenvalue weighted by atomic mass is 14.9. The number of rotatable bonds is 8. The maximum atomic E-state index is 7.88. The van der Waals surface area contributed by atoms with Crippen molar-refractivity contribution in [3.8, 4) is 45.0 Å². The number of hydrogen-bond donors (Lipinski definition) is 0. The Kier molecular flexibility index (Phi) is 15.4. The first-order chi connectivity index (χ1) is 35.0. The molecule has 0 atom stereocenters. The van der Waals surface area contributed by atoms with Gasteiger partial charge in [0.1, 0.15) is 28.2 Å². The smallest absolute Gasteiger partial charge is 0.201 e. The second-order valence-electron chi connectivity index (χ2n) is 18.0. The van der Waals surface area contributed by atoms with Crippen LogP contribution in [0.4, 0.5) is 0 Å². The predicted molar refractivity (Wildman–Crippen MR) is 288 cm³/mol. The van der Waals surface area contributed by atoms with E-state index in [1.807, 2.05) is 67.5 Å². The second kappa shape index (κ2) is 24.5. The van der Waals surface area contributed by atoms with Gasteiger partial charge in [0, 0.05) is 78.4 Å². The van der Waals surface area contributed by atoms with Crippen LogP contribution in [-0.4, -0.2) is 0 Å². The Bertz CT molecular complexity index is 3210. The molecular formula is C64H80N4+4.